The fourth-order valence-corrected chi connectivity index (χ4v) is 3.59. The minimum Gasteiger partial charge on any atom is -0.318 e. The highest BCUT2D eigenvalue weighted by atomic mass is 31.1. The summed E-state index contributed by atoms with van der Waals surface area (Å²) in [6.45, 7) is 2.32. The minimum atomic E-state index is 0.999. The highest BCUT2D eigenvalue weighted by molar-refractivity contribution is 7.36. The van der Waals surface area contributed by atoms with E-state index in [1.54, 1.807) is 0 Å². The fraction of sp³-hybridized carbons (Fsp3) is 1.00. The molecule has 1 rings (SSSR count). The molecule has 3 heteroatoms. The predicted octanol–water partition coefficient (Wildman–Crippen LogP) is 2.45. The van der Waals surface area contributed by atoms with E-state index in [0.29, 0.717) is 0 Å². The highest BCUT2D eigenvalue weighted by Crippen LogP contribution is 2.33. The van der Waals surface area contributed by atoms with Crippen LogP contribution < -0.4 is 5.32 Å². The third kappa shape index (κ3) is 5.29. The van der Waals surface area contributed by atoms with Crippen molar-refractivity contribution in [2.24, 2.45) is 0 Å². The monoisotopic (exact) mass is 216 g/mol. The van der Waals surface area contributed by atoms with E-state index in [1.165, 1.54) is 45.1 Å². The highest BCUT2D eigenvalue weighted by Gasteiger charge is 2.13. The van der Waals surface area contributed by atoms with Gasteiger partial charge in [-0.1, -0.05) is 25.7 Å². The van der Waals surface area contributed by atoms with Crippen LogP contribution in [0.15, 0.2) is 0 Å². The first-order valence-corrected chi connectivity index (χ1v) is 6.97. The quantitative estimate of drug-likeness (QED) is 0.561. The molecule has 2 nitrogen and oxygen atoms in total. The van der Waals surface area contributed by atoms with Crippen LogP contribution in [0.25, 0.3) is 0 Å². The van der Waals surface area contributed by atoms with Gasteiger partial charge in [0.1, 0.15) is 0 Å². The largest absolute Gasteiger partial charge is 0.318 e. The van der Waals surface area contributed by atoms with E-state index in [9.17, 15) is 0 Å². The molecule has 14 heavy (non-hydrogen) atoms. The first kappa shape index (κ1) is 12.4. The van der Waals surface area contributed by atoms with Gasteiger partial charge in [0.05, 0.1) is 0 Å². The Hall–Kier alpha value is 0.350. The molecule has 1 aliphatic carbocycles. The average Bonchev–Trinajstić information content (AvgIpc) is 2.43. The van der Waals surface area contributed by atoms with Crippen molar-refractivity contribution in [1.29, 1.82) is 0 Å². The fourth-order valence-electron chi connectivity index (χ4n) is 2.06. The second-order valence-electron chi connectivity index (χ2n) is 4.34. The smallest absolute Gasteiger partial charge is 0.0141 e. The molecule has 0 radical (unpaired) electrons. The Kier molecular flexibility index (Phi) is 6.76. The van der Waals surface area contributed by atoms with E-state index < -0.39 is 0 Å². The zero-order valence-electron chi connectivity index (χ0n) is 9.68. The zero-order chi connectivity index (χ0) is 10.2. The number of hydrogen-bond acceptors (Lipinski definition) is 2. The van der Waals surface area contributed by atoms with Crippen LogP contribution in [0.1, 0.15) is 38.5 Å². The molecule has 1 fully saturated rings. The van der Waals surface area contributed by atoms with Crippen LogP contribution in [0.4, 0.5) is 0 Å². The third-order valence-electron chi connectivity index (χ3n) is 2.96. The molecule has 0 aromatic heterocycles. The molecule has 0 aromatic carbocycles. The van der Waals surface area contributed by atoms with Crippen molar-refractivity contribution in [3.8, 4) is 0 Å². The molecule has 1 aliphatic rings. The number of likely N-dealkylation sites (N-methyl/N-ethyl adjacent to an activating group) is 2. The van der Waals surface area contributed by atoms with Crippen LogP contribution in [-0.2, 0) is 0 Å². The summed E-state index contributed by atoms with van der Waals surface area (Å²) in [4.78, 5) is 0. The molecule has 0 saturated heterocycles. The molecule has 0 heterocycles. The molecule has 0 aromatic rings. The summed E-state index contributed by atoms with van der Waals surface area (Å²) >= 11 is 0. The lowest BCUT2D eigenvalue weighted by molar-refractivity contribution is 0.528. The van der Waals surface area contributed by atoms with Crippen molar-refractivity contribution >= 4 is 8.73 Å². The van der Waals surface area contributed by atoms with Gasteiger partial charge in [-0.2, -0.15) is 0 Å². The zero-order valence-corrected chi connectivity index (χ0v) is 10.7. The number of rotatable bonds is 5. The lowest BCUT2D eigenvalue weighted by Gasteiger charge is -2.22. The Morgan fingerprint density at radius 1 is 1.21 bits per heavy atom. The molecule has 1 atom stereocenters. The average molecular weight is 216 g/mol. The summed E-state index contributed by atoms with van der Waals surface area (Å²) in [5, 5.41) is 3.21. The number of nitrogens with one attached hydrogen (secondary N) is 1. The van der Waals surface area contributed by atoms with E-state index in [1.807, 2.05) is 7.05 Å². The minimum absolute atomic E-state index is 0.999. The van der Waals surface area contributed by atoms with Crippen LogP contribution in [0.2, 0.25) is 0 Å². The molecule has 0 amide bonds. The topological polar surface area (TPSA) is 15.3 Å². The Balaban J connectivity index is 2.13. The lowest BCUT2D eigenvalue weighted by Crippen LogP contribution is -2.23. The van der Waals surface area contributed by atoms with E-state index >= 15 is 0 Å². The maximum absolute atomic E-state index is 3.21. The molecular formula is C11H25N2P. The van der Waals surface area contributed by atoms with Crippen molar-refractivity contribution in [3.05, 3.63) is 0 Å². The first-order valence-electron chi connectivity index (χ1n) is 5.95. The Morgan fingerprint density at radius 2 is 1.86 bits per heavy atom. The van der Waals surface area contributed by atoms with Crippen LogP contribution >= 0.6 is 8.73 Å². The van der Waals surface area contributed by atoms with Crippen LogP contribution in [0, 0.1) is 0 Å². The summed E-state index contributed by atoms with van der Waals surface area (Å²) in [6, 6.07) is 0. The van der Waals surface area contributed by atoms with Crippen LogP contribution in [0.5, 0.6) is 0 Å². The lowest BCUT2D eigenvalue weighted by atomic mass is 10.2. The van der Waals surface area contributed by atoms with Crippen molar-refractivity contribution in [2.45, 2.75) is 44.2 Å². The summed E-state index contributed by atoms with van der Waals surface area (Å²) < 4.78 is 2.51. The van der Waals surface area contributed by atoms with Crippen molar-refractivity contribution in [1.82, 2.24) is 9.99 Å². The van der Waals surface area contributed by atoms with Gasteiger partial charge in [-0.3, -0.25) is 4.67 Å². The van der Waals surface area contributed by atoms with Gasteiger partial charge >= 0.3 is 0 Å². The molecule has 0 spiro atoms. The summed E-state index contributed by atoms with van der Waals surface area (Å²) in [5.74, 6) is 0. The molecule has 1 saturated carbocycles. The third-order valence-corrected chi connectivity index (χ3v) is 4.56. The van der Waals surface area contributed by atoms with E-state index in [2.05, 4.69) is 17.0 Å². The maximum atomic E-state index is 3.21. The van der Waals surface area contributed by atoms with E-state index in [0.717, 1.165) is 20.9 Å². The molecule has 1 N–H and O–H groups in total. The predicted molar refractivity (Wildman–Crippen MR) is 66.4 cm³/mol. The second-order valence-corrected chi connectivity index (χ2v) is 6.18. The second kappa shape index (κ2) is 7.62. The normalized spacial score (nSPS) is 20.8. The van der Waals surface area contributed by atoms with Gasteiger partial charge in [-0.15, -0.1) is 0 Å². The molecule has 1 unspecified atom stereocenters. The summed E-state index contributed by atoms with van der Waals surface area (Å²) in [7, 11) is 5.35. The van der Waals surface area contributed by atoms with E-state index in [4.69, 9.17) is 0 Å². The van der Waals surface area contributed by atoms with Gasteiger partial charge in [0.15, 0.2) is 0 Å². The Labute approximate surface area is 90.7 Å². The van der Waals surface area contributed by atoms with Gasteiger partial charge < -0.3 is 5.32 Å². The SMILES string of the molecule is CNCCN(C)PC1CCCCCC1. The van der Waals surface area contributed by atoms with Crippen molar-refractivity contribution in [3.63, 3.8) is 0 Å². The Bertz CT molecular complexity index is 133. The van der Waals surface area contributed by atoms with Crippen molar-refractivity contribution < 1.29 is 0 Å². The van der Waals surface area contributed by atoms with Crippen molar-refractivity contribution in [2.75, 3.05) is 27.2 Å². The van der Waals surface area contributed by atoms with Gasteiger partial charge in [-0.25, -0.2) is 0 Å². The Morgan fingerprint density at radius 3 is 2.43 bits per heavy atom. The van der Waals surface area contributed by atoms with E-state index in [-0.39, 0.29) is 0 Å². The number of hydrogen-bond donors (Lipinski definition) is 1. The first-order chi connectivity index (χ1) is 6.83. The molecule has 84 valence electrons. The van der Waals surface area contributed by atoms with Crippen LogP contribution in [-0.4, -0.2) is 37.5 Å². The molecular weight excluding hydrogens is 191 g/mol. The van der Waals surface area contributed by atoms with Gasteiger partial charge in [-0.05, 0) is 41.3 Å². The van der Waals surface area contributed by atoms with Gasteiger partial charge in [0.25, 0.3) is 0 Å². The number of nitrogens with zero attached hydrogens (tertiary/aromatic N) is 1. The van der Waals surface area contributed by atoms with Gasteiger partial charge in [0.2, 0.25) is 0 Å². The molecule has 0 aliphatic heterocycles. The van der Waals surface area contributed by atoms with Gasteiger partial charge in [0, 0.05) is 13.1 Å². The summed E-state index contributed by atoms with van der Waals surface area (Å²) in [6.07, 6.45) is 8.84. The van der Waals surface area contributed by atoms with Crippen LogP contribution in [0.3, 0.4) is 0 Å². The molecule has 0 bridgehead atoms. The maximum Gasteiger partial charge on any atom is 0.0141 e. The standard InChI is InChI=1S/C11H25N2P/c1-12-9-10-13(2)14-11-7-5-3-4-6-8-11/h11-12,14H,3-10H2,1-2H3. The summed E-state index contributed by atoms with van der Waals surface area (Å²) in [5.41, 5.74) is 0.999.